The number of hydrogen-bond donors (Lipinski definition) is 0. The van der Waals surface area contributed by atoms with E-state index >= 15 is 0 Å². The fraction of sp³-hybridized carbons (Fsp3) is 0.286. The Morgan fingerprint density at radius 2 is 2.00 bits per heavy atom. The van der Waals surface area contributed by atoms with Gasteiger partial charge < -0.3 is 4.90 Å². The predicted octanol–water partition coefficient (Wildman–Crippen LogP) is 3.44. The summed E-state index contributed by atoms with van der Waals surface area (Å²) in [5.74, 6) is 1.50. The van der Waals surface area contributed by atoms with Gasteiger partial charge in [0.25, 0.3) is 0 Å². The molecule has 2 aromatic rings. The highest BCUT2D eigenvalue weighted by Gasteiger charge is 2.09. The van der Waals surface area contributed by atoms with Crippen molar-refractivity contribution in [2.45, 2.75) is 11.6 Å². The van der Waals surface area contributed by atoms with Crippen LogP contribution in [0.25, 0.3) is 0 Å². The molecule has 100 valence electrons. The molecule has 1 heterocycles. The smallest absolute Gasteiger partial charge is 0.133 e. The van der Waals surface area contributed by atoms with Gasteiger partial charge in [-0.1, -0.05) is 30.3 Å². The number of hydrogen-bond acceptors (Lipinski definition) is 4. The van der Waals surface area contributed by atoms with Crippen LogP contribution >= 0.6 is 23.4 Å². The van der Waals surface area contributed by atoms with Crippen LogP contribution in [-0.2, 0) is 6.54 Å². The predicted molar refractivity (Wildman–Crippen MR) is 82.0 cm³/mol. The molecule has 0 amide bonds. The molecule has 0 aliphatic carbocycles. The van der Waals surface area contributed by atoms with E-state index in [2.05, 4.69) is 27.0 Å². The summed E-state index contributed by atoms with van der Waals surface area (Å²) in [4.78, 5) is 10.7. The van der Waals surface area contributed by atoms with Crippen molar-refractivity contribution in [1.82, 2.24) is 9.97 Å². The maximum atomic E-state index is 5.90. The first-order valence-electron chi connectivity index (χ1n) is 6.04. The Bertz CT molecular complexity index is 507. The third-order valence-corrected chi connectivity index (χ3v) is 3.54. The van der Waals surface area contributed by atoms with Crippen molar-refractivity contribution in [3.63, 3.8) is 0 Å². The minimum absolute atomic E-state index is 0.575. The second kappa shape index (κ2) is 7.36. The third-order valence-electron chi connectivity index (χ3n) is 2.73. The normalized spacial score (nSPS) is 10.4. The summed E-state index contributed by atoms with van der Waals surface area (Å²) in [5.41, 5.74) is 1.25. The molecular formula is C14H16ClN3S. The van der Waals surface area contributed by atoms with Gasteiger partial charge in [-0.2, -0.15) is 0 Å². The van der Waals surface area contributed by atoms with Crippen molar-refractivity contribution < 1.29 is 0 Å². The van der Waals surface area contributed by atoms with Crippen molar-refractivity contribution in [3.8, 4) is 0 Å². The summed E-state index contributed by atoms with van der Waals surface area (Å²) in [7, 11) is 0. The van der Waals surface area contributed by atoms with Crippen LogP contribution in [0.15, 0.2) is 47.8 Å². The zero-order valence-electron chi connectivity index (χ0n) is 10.8. The third kappa shape index (κ3) is 4.11. The molecule has 0 saturated carbocycles. The number of thioether (sulfide) groups is 1. The van der Waals surface area contributed by atoms with Gasteiger partial charge >= 0.3 is 0 Å². The van der Waals surface area contributed by atoms with Gasteiger partial charge in [0.2, 0.25) is 0 Å². The highest BCUT2D eigenvalue weighted by molar-refractivity contribution is 7.98. The summed E-state index contributed by atoms with van der Waals surface area (Å²) < 4.78 is 0. The molecule has 0 fully saturated rings. The van der Waals surface area contributed by atoms with E-state index in [-0.39, 0.29) is 0 Å². The molecule has 0 spiro atoms. The van der Waals surface area contributed by atoms with Crippen molar-refractivity contribution in [1.29, 1.82) is 0 Å². The van der Waals surface area contributed by atoms with Gasteiger partial charge in [-0.25, -0.2) is 9.97 Å². The van der Waals surface area contributed by atoms with Gasteiger partial charge in [-0.15, -0.1) is 23.4 Å². The Morgan fingerprint density at radius 1 is 1.21 bits per heavy atom. The van der Waals surface area contributed by atoms with Crippen molar-refractivity contribution in [2.75, 3.05) is 23.6 Å². The zero-order valence-corrected chi connectivity index (χ0v) is 12.4. The second-order valence-corrected chi connectivity index (χ2v) is 5.22. The Labute approximate surface area is 123 Å². The highest BCUT2D eigenvalue weighted by atomic mass is 35.5. The van der Waals surface area contributed by atoms with Crippen LogP contribution in [0.2, 0.25) is 0 Å². The van der Waals surface area contributed by atoms with Gasteiger partial charge in [0.05, 0.1) is 0 Å². The van der Waals surface area contributed by atoms with Gasteiger partial charge in [-0.3, -0.25) is 0 Å². The van der Waals surface area contributed by atoms with Crippen LogP contribution in [0.3, 0.4) is 0 Å². The highest BCUT2D eigenvalue weighted by Crippen LogP contribution is 2.19. The molecule has 0 bridgehead atoms. The van der Waals surface area contributed by atoms with Crippen molar-refractivity contribution >= 4 is 29.2 Å². The Kier molecular flexibility index (Phi) is 5.48. The molecule has 3 nitrogen and oxygen atoms in total. The van der Waals surface area contributed by atoms with Crippen LogP contribution in [0, 0.1) is 0 Å². The standard InChI is InChI=1S/C14H16ClN3S/c1-19-14-9-13(16-11-17-14)18(8-7-15)10-12-5-3-2-4-6-12/h2-6,9,11H,7-8,10H2,1H3. The fourth-order valence-electron chi connectivity index (χ4n) is 1.79. The van der Waals surface area contributed by atoms with E-state index in [0.717, 1.165) is 23.9 Å². The Balaban J connectivity index is 2.19. The number of aromatic nitrogens is 2. The lowest BCUT2D eigenvalue weighted by molar-refractivity contribution is 0.806. The molecule has 0 saturated heterocycles. The average molecular weight is 294 g/mol. The van der Waals surface area contributed by atoms with E-state index in [1.165, 1.54) is 5.56 Å². The lowest BCUT2D eigenvalue weighted by atomic mass is 10.2. The van der Waals surface area contributed by atoms with E-state index < -0.39 is 0 Å². The second-order valence-electron chi connectivity index (χ2n) is 4.01. The molecule has 1 aromatic heterocycles. The molecule has 1 aromatic carbocycles. The minimum atomic E-state index is 0.575. The minimum Gasteiger partial charge on any atom is -0.351 e. The van der Waals surface area contributed by atoms with Crippen molar-refractivity contribution in [3.05, 3.63) is 48.3 Å². The topological polar surface area (TPSA) is 29.0 Å². The molecular weight excluding hydrogens is 278 g/mol. The van der Waals surface area contributed by atoms with Crippen LogP contribution < -0.4 is 4.90 Å². The largest absolute Gasteiger partial charge is 0.351 e. The maximum absolute atomic E-state index is 5.90. The number of rotatable bonds is 6. The quantitative estimate of drug-likeness (QED) is 0.463. The number of anilines is 1. The summed E-state index contributed by atoms with van der Waals surface area (Å²) >= 11 is 7.51. The van der Waals surface area contributed by atoms with Crippen molar-refractivity contribution in [2.24, 2.45) is 0 Å². The first kappa shape index (κ1) is 14.2. The van der Waals surface area contributed by atoms with E-state index in [0.29, 0.717) is 5.88 Å². The maximum Gasteiger partial charge on any atom is 0.133 e. The van der Waals surface area contributed by atoms with Crippen LogP contribution in [-0.4, -0.2) is 28.6 Å². The lowest BCUT2D eigenvalue weighted by Crippen LogP contribution is -2.25. The van der Waals surface area contributed by atoms with Crippen LogP contribution in [0.4, 0.5) is 5.82 Å². The number of alkyl halides is 1. The van der Waals surface area contributed by atoms with Crippen LogP contribution in [0.1, 0.15) is 5.56 Å². The molecule has 19 heavy (non-hydrogen) atoms. The Hall–Kier alpha value is -1.26. The molecule has 0 radical (unpaired) electrons. The molecule has 0 aliphatic heterocycles. The van der Waals surface area contributed by atoms with Gasteiger partial charge in [0.1, 0.15) is 17.2 Å². The van der Waals surface area contributed by atoms with Gasteiger partial charge in [-0.05, 0) is 11.8 Å². The van der Waals surface area contributed by atoms with Gasteiger partial charge in [0.15, 0.2) is 0 Å². The van der Waals surface area contributed by atoms with Gasteiger partial charge in [0, 0.05) is 25.0 Å². The zero-order chi connectivity index (χ0) is 13.5. The fourth-order valence-corrected chi connectivity index (χ4v) is 2.37. The molecule has 0 aliphatic rings. The van der Waals surface area contributed by atoms with E-state index in [1.807, 2.05) is 30.5 Å². The number of halogens is 1. The SMILES string of the molecule is CSc1cc(N(CCCl)Cc2ccccc2)ncn1. The number of nitrogens with zero attached hydrogens (tertiary/aromatic N) is 3. The first-order valence-corrected chi connectivity index (χ1v) is 7.80. The van der Waals surface area contributed by atoms with Crippen LogP contribution in [0.5, 0.6) is 0 Å². The summed E-state index contributed by atoms with van der Waals surface area (Å²) in [6.07, 6.45) is 3.61. The number of benzene rings is 1. The van der Waals surface area contributed by atoms with E-state index in [1.54, 1.807) is 18.1 Å². The Morgan fingerprint density at radius 3 is 2.68 bits per heavy atom. The lowest BCUT2D eigenvalue weighted by Gasteiger charge is -2.23. The summed E-state index contributed by atoms with van der Waals surface area (Å²) in [6.45, 7) is 1.57. The summed E-state index contributed by atoms with van der Waals surface area (Å²) in [6, 6.07) is 12.3. The summed E-state index contributed by atoms with van der Waals surface area (Å²) in [5, 5.41) is 0.970. The van der Waals surface area contributed by atoms with E-state index in [4.69, 9.17) is 11.6 Å². The molecule has 0 unspecified atom stereocenters. The first-order chi connectivity index (χ1) is 9.33. The van der Waals surface area contributed by atoms with E-state index in [9.17, 15) is 0 Å². The monoisotopic (exact) mass is 293 g/mol. The molecule has 5 heteroatoms. The molecule has 2 rings (SSSR count). The average Bonchev–Trinajstić information content (AvgIpc) is 2.48. The molecule has 0 atom stereocenters. The molecule has 0 N–H and O–H groups in total.